The molecule has 3 nitrogen and oxygen atoms in total. The van der Waals surface area contributed by atoms with Gasteiger partial charge in [0.1, 0.15) is 0 Å². The lowest BCUT2D eigenvalue weighted by atomic mass is 9.88. The van der Waals surface area contributed by atoms with Crippen LogP contribution in [0.3, 0.4) is 0 Å². The zero-order valence-electron chi connectivity index (χ0n) is 12.7. The van der Waals surface area contributed by atoms with E-state index in [0.717, 1.165) is 19.6 Å². The summed E-state index contributed by atoms with van der Waals surface area (Å²) in [4.78, 5) is 14.5. The Morgan fingerprint density at radius 1 is 1.11 bits per heavy atom. The van der Waals surface area contributed by atoms with Gasteiger partial charge in [0.05, 0.1) is 6.04 Å². The Balaban J connectivity index is 1.78. The lowest BCUT2D eigenvalue weighted by molar-refractivity contribution is -0.133. The Morgan fingerprint density at radius 2 is 1.68 bits per heavy atom. The monoisotopic (exact) mass is 266 g/mol. The van der Waals surface area contributed by atoms with Crippen molar-refractivity contribution >= 4 is 5.91 Å². The first-order valence-corrected chi connectivity index (χ1v) is 8.13. The molecule has 2 aliphatic rings. The lowest BCUT2D eigenvalue weighted by Gasteiger charge is -2.29. The van der Waals surface area contributed by atoms with E-state index in [1.165, 1.54) is 51.4 Å². The van der Waals surface area contributed by atoms with Gasteiger partial charge in [0.25, 0.3) is 0 Å². The summed E-state index contributed by atoms with van der Waals surface area (Å²) in [6.45, 7) is 7.31. The maximum Gasteiger partial charge on any atom is 0.239 e. The summed E-state index contributed by atoms with van der Waals surface area (Å²) in [5.41, 5.74) is 0.424. The molecule has 0 aromatic rings. The second-order valence-electron chi connectivity index (χ2n) is 6.86. The highest BCUT2D eigenvalue weighted by Crippen LogP contribution is 2.36. The van der Waals surface area contributed by atoms with Crippen LogP contribution >= 0.6 is 0 Å². The Morgan fingerprint density at radius 3 is 2.26 bits per heavy atom. The van der Waals surface area contributed by atoms with Gasteiger partial charge in [0.15, 0.2) is 0 Å². The first kappa shape index (κ1) is 14.8. The highest BCUT2D eigenvalue weighted by molar-refractivity contribution is 5.81. The quantitative estimate of drug-likeness (QED) is 0.848. The van der Waals surface area contributed by atoms with E-state index in [9.17, 15) is 4.79 Å². The van der Waals surface area contributed by atoms with E-state index < -0.39 is 0 Å². The van der Waals surface area contributed by atoms with E-state index in [0.29, 0.717) is 11.3 Å². The van der Waals surface area contributed by atoms with Gasteiger partial charge >= 0.3 is 0 Å². The minimum absolute atomic E-state index is 0.0180. The summed E-state index contributed by atoms with van der Waals surface area (Å²) in [7, 11) is 0. The van der Waals surface area contributed by atoms with Crippen molar-refractivity contribution in [3.8, 4) is 0 Å². The summed E-state index contributed by atoms with van der Waals surface area (Å²) in [6, 6.07) is -0.0180. The van der Waals surface area contributed by atoms with E-state index in [4.69, 9.17) is 0 Å². The molecule has 0 aromatic carbocycles. The van der Waals surface area contributed by atoms with Crippen LogP contribution in [0.25, 0.3) is 0 Å². The first-order valence-electron chi connectivity index (χ1n) is 8.13. The predicted octanol–water partition coefficient (Wildman–Crippen LogP) is 2.95. The van der Waals surface area contributed by atoms with Gasteiger partial charge in [-0.05, 0) is 38.0 Å². The maximum absolute atomic E-state index is 12.4. The molecular weight excluding hydrogens is 236 g/mol. The van der Waals surface area contributed by atoms with Gasteiger partial charge < -0.3 is 10.2 Å². The van der Waals surface area contributed by atoms with Crippen molar-refractivity contribution in [3.63, 3.8) is 0 Å². The van der Waals surface area contributed by atoms with E-state index in [-0.39, 0.29) is 6.04 Å². The highest BCUT2D eigenvalue weighted by atomic mass is 16.2. The molecule has 1 unspecified atom stereocenters. The van der Waals surface area contributed by atoms with Crippen molar-refractivity contribution in [1.82, 2.24) is 10.2 Å². The third kappa shape index (κ3) is 4.20. The number of carbonyl (C=O) groups is 1. The Labute approximate surface area is 118 Å². The van der Waals surface area contributed by atoms with E-state index in [1.54, 1.807) is 0 Å². The molecule has 0 bridgehead atoms. The Kier molecular flexibility index (Phi) is 5.26. The molecule has 110 valence electrons. The number of nitrogens with one attached hydrogen (secondary N) is 1. The average molecular weight is 266 g/mol. The summed E-state index contributed by atoms with van der Waals surface area (Å²) >= 11 is 0. The summed E-state index contributed by atoms with van der Waals surface area (Å²) in [5, 5.41) is 3.49. The molecule has 1 heterocycles. The standard InChI is InChI=1S/C16H30N2O/c1-14(17-13-16(2)9-5-6-10-16)15(19)18-11-7-3-4-8-12-18/h14,17H,3-13H2,1-2H3. The number of carbonyl (C=O) groups excluding carboxylic acids is 1. The number of amides is 1. The molecule has 19 heavy (non-hydrogen) atoms. The van der Waals surface area contributed by atoms with Crippen LogP contribution in [0.15, 0.2) is 0 Å². The summed E-state index contributed by atoms with van der Waals surface area (Å²) in [6.07, 6.45) is 10.2. The summed E-state index contributed by atoms with van der Waals surface area (Å²) < 4.78 is 0. The van der Waals surface area contributed by atoms with Crippen LogP contribution in [-0.2, 0) is 4.79 Å². The van der Waals surface area contributed by atoms with Crippen molar-refractivity contribution in [2.45, 2.75) is 71.3 Å². The van der Waals surface area contributed by atoms with Crippen LogP contribution in [0.4, 0.5) is 0 Å². The molecular formula is C16H30N2O. The molecule has 2 fully saturated rings. The SMILES string of the molecule is CC(NCC1(C)CCCC1)C(=O)N1CCCCCC1. The molecule has 0 radical (unpaired) electrons. The number of hydrogen-bond acceptors (Lipinski definition) is 2. The van der Waals surface area contributed by atoms with Crippen LogP contribution in [0.1, 0.15) is 65.2 Å². The highest BCUT2D eigenvalue weighted by Gasteiger charge is 2.30. The van der Waals surface area contributed by atoms with E-state index >= 15 is 0 Å². The van der Waals surface area contributed by atoms with E-state index in [2.05, 4.69) is 17.1 Å². The third-order valence-electron chi connectivity index (χ3n) is 4.93. The van der Waals surface area contributed by atoms with Gasteiger partial charge in [-0.2, -0.15) is 0 Å². The lowest BCUT2D eigenvalue weighted by Crippen LogP contribution is -2.47. The van der Waals surface area contributed by atoms with Gasteiger partial charge in [-0.25, -0.2) is 0 Å². The largest absolute Gasteiger partial charge is 0.341 e. The van der Waals surface area contributed by atoms with Crippen LogP contribution in [0, 0.1) is 5.41 Å². The molecule has 0 spiro atoms. The number of nitrogens with zero attached hydrogens (tertiary/aromatic N) is 1. The second-order valence-corrected chi connectivity index (χ2v) is 6.86. The fourth-order valence-electron chi connectivity index (χ4n) is 3.46. The fourth-order valence-corrected chi connectivity index (χ4v) is 3.46. The van der Waals surface area contributed by atoms with Gasteiger partial charge in [-0.15, -0.1) is 0 Å². The molecule has 1 atom stereocenters. The molecule has 1 amide bonds. The number of hydrogen-bond donors (Lipinski definition) is 1. The molecule has 2 rings (SSSR count). The van der Waals surface area contributed by atoms with Crippen molar-refractivity contribution < 1.29 is 4.79 Å². The smallest absolute Gasteiger partial charge is 0.239 e. The minimum Gasteiger partial charge on any atom is -0.341 e. The molecule has 1 saturated heterocycles. The Bertz CT molecular complexity index is 289. The predicted molar refractivity (Wildman–Crippen MR) is 79.1 cm³/mol. The number of rotatable bonds is 4. The second kappa shape index (κ2) is 6.74. The van der Waals surface area contributed by atoms with Gasteiger partial charge in [0.2, 0.25) is 5.91 Å². The zero-order chi connectivity index (χ0) is 13.7. The molecule has 3 heteroatoms. The summed E-state index contributed by atoms with van der Waals surface area (Å²) in [5.74, 6) is 0.309. The van der Waals surface area contributed by atoms with Gasteiger partial charge in [-0.1, -0.05) is 32.6 Å². The average Bonchev–Trinajstić information content (AvgIpc) is 2.68. The first-order chi connectivity index (χ1) is 9.11. The maximum atomic E-state index is 12.4. The van der Waals surface area contributed by atoms with Gasteiger partial charge in [0, 0.05) is 19.6 Å². The minimum atomic E-state index is -0.0180. The molecule has 1 saturated carbocycles. The van der Waals surface area contributed by atoms with E-state index in [1.807, 2.05) is 6.92 Å². The molecule has 1 N–H and O–H groups in total. The van der Waals surface area contributed by atoms with Crippen LogP contribution in [-0.4, -0.2) is 36.5 Å². The van der Waals surface area contributed by atoms with Crippen LogP contribution in [0.2, 0.25) is 0 Å². The van der Waals surface area contributed by atoms with Crippen molar-refractivity contribution in [3.05, 3.63) is 0 Å². The van der Waals surface area contributed by atoms with Crippen LogP contribution < -0.4 is 5.32 Å². The topological polar surface area (TPSA) is 32.3 Å². The zero-order valence-corrected chi connectivity index (χ0v) is 12.7. The normalized spacial score (nSPS) is 25.1. The van der Waals surface area contributed by atoms with Crippen molar-refractivity contribution in [2.75, 3.05) is 19.6 Å². The molecule has 1 aliphatic carbocycles. The third-order valence-corrected chi connectivity index (χ3v) is 4.93. The van der Waals surface area contributed by atoms with Crippen molar-refractivity contribution in [2.24, 2.45) is 5.41 Å². The van der Waals surface area contributed by atoms with Gasteiger partial charge in [-0.3, -0.25) is 4.79 Å². The molecule has 1 aliphatic heterocycles. The number of likely N-dealkylation sites (tertiary alicyclic amines) is 1. The Hall–Kier alpha value is -0.570. The van der Waals surface area contributed by atoms with Crippen molar-refractivity contribution in [1.29, 1.82) is 0 Å². The van der Waals surface area contributed by atoms with Crippen LogP contribution in [0.5, 0.6) is 0 Å². The molecule has 0 aromatic heterocycles. The fraction of sp³-hybridized carbons (Fsp3) is 0.938.